The number of pyridine rings is 1. The van der Waals surface area contributed by atoms with E-state index in [4.69, 9.17) is 0 Å². The number of carbonyl (C=O) groups is 2. The zero-order chi connectivity index (χ0) is 23.5. The lowest BCUT2D eigenvalue weighted by atomic mass is 9.95. The zero-order valence-corrected chi connectivity index (χ0v) is 17.0. The second-order valence-corrected chi connectivity index (χ2v) is 7.39. The number of aromatic nitrogens is 1. The Morgan fingerprint density at radius 1 is 1.19 bits per heavy atom. The lowest BCUT2D eigenvalue weighted by Gasteiger charge is -2.34. The number of nitrogens with one attached hydrogen (secondary N) is 2. The van der Waals surface area contributed by atoms with Crippen LogP contribution in [0.5, 0.6) is 0 Å². The second-order valence-electron chi connectivity index (χ2n) is 7.39. The largest absolute Gasteiger partial charge is 0.419 e. The van der Waals surface area contributed by atoms with Crippen LogP contribution in [-0.2, 0) is 15.8 Å². The number of benzene rings is 1. The number of likely N-dealkylation sites (N-methyl/N-ethyl adjacent to an activating group) is 1. The smallest absolute Gasteiger partial charge is 0.357 e. The number of rotatable bonds is 5. The molecule has 2 aromatic rings. The van der Waals surface area contributed by atoms with Gasteiger partial charge in [-0.3, -0.25) is 9.59 Å². The number of piperidine rings is 1. The van der Waals surface area contributed by atoms with Crippen molar-refractivity contribution in [2.75, 3.05) is 25.0 Å². The van der Waals surface area contributed by atoms with Gasteiger partial charge in [0, 0.05) is 26.3 Å². The van der Waals surface area contributed by atoms with Crippen LogP contribution in [-0.4, -0.2) is 36.9 Å². The van der Waals surface area contributed by atoms with Crippen molar-refractivity contribution in [1.82, 2.24) is 15.6 Å². The van der Waals surface area contributed by atoms with E-state index >= 15 is 0 Å². The van der Waals surface area contributed by atoms with Gasteiger partial charge < -0.3 is 15.5 Å². The predicted octanol–water partition coefficient (Wildman–Crippen LogP) is 3.20. The lowest BCUT2D eigenvalue weighted by Crippen LogP contribution is -2.47. The van der Waals surface area contributed by atoms with E-state index in [1.165, 1.54) is 30.3 Å². The Kier molecular flexibility index (Phi) is 6.95. The maximum absolute atomic E-state index is 13.6. The molecule has 0 spiro atoms. The fourth-order valence-corrected chi connectivity index (χ4v) is 3.65. The number of hydrogen-bond donors (Lipinski definition) is 2. The predicted molar refractivity (Wildman–Crippen MR) is 105 cm³/mol. The van der Waals surface area contributed by atoms with Gasteiger partial charge in [-0.15, -0.1) is 0 Å². The van der Waals surface area contributed by atoms with E-state index in [0.29, 0.717) is 12.8 Å². The third kappa shape index (κ3) is 5.14. The number of halogens is 5. The summed E-state index contributed by atoms with van der Waals surface area (Å²) < 4.78 is 67.0. The summed E-state index contributed by atoms with van der Waals surface area (Å²) in [7, 11) is 1.32. The molecule has 2 unspecified atom stereocenters. The topological polar surface area (TPSA) is 74.3 Å². The first kappa shape index (κ1) is 23.4. The highest BCUT2D eigenvalue weighted by Gasteiger charge is 2.37. The summed E-state index contributed by atoms with van der Waals surface area (Å²) in [6.45, 7) is 0.246. The van der Waals surface area contributed by atoms with Crippen LogP contribution >= 0.6 is 0 Å². The molecule has 1 aromatic heterocycles. The fraction of sp³-hybridized carbons (Fsp3) is 0.381. The standard InChI is InChI=1S/C21H21F5N4O2/c1-27-20(32)17(12-6-7-15(22)16(23)10-12)29-19(31)13-4-3-9-30(11-13)18-14(21(24,25)26)5-2-8-28-18/h2,5-8,10,13,17H,3-4,9,11H2,1H3,(H,27,32)(H,29,31). The van der Waals surface area contributed by atoms with E-state index in [1.807, 2.05) is 0 Å². The van der Waals surface area contributed by atoms with Gasteiger partial charge in [0.1, 0.15) is 11.9 Å². The Morgan fingerprint density at radius 3 is 2.59 bits per heavy atom. The number of carbonyl (C=O) groups excluding carboxylic acids is 2. The van der Waals surface area contributed by atoms with Crippen LogP contribution in [0.15, 0.2) is 36.5 Å². The summed E-state index contributed by atoms with van der Waals surface area (Å²) >= 11 is 0. The number of hydrogen-bond acceptors (Lipinski definition) is 4. The van der Waals surface area contributed by atoms with Gasteiger partial charge >= 0.3 is 6.18 Å². The number of alkyl halides is 3. The maximum atomic E-state index is 13.6. The maximum Gasteiger partial charge on any atom is 0.419 e. The molecule has 32 heavy (non-hydrogen) atoms. The first-order valence-corrected chi connectivity index (χ1v) is 9.86. The Hall–Kier alpha value is -3.24. The van der Waals surface area contributed by atoms with Crippen LogP contribution in [0.4, 0.5) is 27.8 Å². The molecule has 1 aromatic carbocycles. The quantitative estimate of drug-likeness (QED) is 0.678. The van der Waals surface area contributed by atoms with E-state index in [-0.39, 0.29) is 24.5 Å². The monoisotopic (exact) mass is 456 g/mol. The zero-order valence-electron chi connectivity index (χ0n) is 17.0. The van der Waals surface area contributed by atoms with Crippen LogP contribution in [0.3, 0.4) is 0 Å². The lowest BCUT2D eigenvalue weighted by molar-refractivity contribution is -0.137. The van der Waals surface area contributed by atoms with E-state index in [1.54, 1.807) is 0 Å². The Bertz CT molecular complexity index is 998. The Balaban J connectivity index is 1.79. The summed E-state index contributed by atoms with van der Waals surface area (Å²) in [5.74, 6) is -4.51. The van der Waals surface area contributed by atoms with Gasteiger partial charge in [0.25, 0.3) is 0 Å². The van der Waals surface area contributed by atoms with Gasteiger partial charge in [-0.25, -0.2) is 13.8 Å². The minimum atomic E-state index is -4.60. The van der Waals surface area contributed by atoms with E-state index in [9.17, 15) is 31.5 Å². The molecule has 2 heterocycles. The summed E-state index contributed by atoms with van der Waals surface area (Å²) in [5.41, 5.74) is -0.862. The first-order valence-electron chi connectivity index (χ1n) is 9.86. The third-order valence-electron chi connectivity index (χ3n) is 5.26. The van der Waals surface area contributed by atoms with Gasteiger partial charge in [0.15, 0.2) is 11.6 Å². The molecule has 2 N–H and O–H groups in total. The van der Waals surface area contributed by atoms with E-state index in [0.717, 1.165) is 18.2 Å². The van der Waals surface area contributed by atoms with Crippen LogP contribution in [0.1, 0.15) is 30.0 Å². The average molecular weight is 456 g/mol. The average Bonchev–Trinajstić information content (AvgIpc) is 2.78. The van der Waals surface area contributed by atoms with Crippen molar-refractivity contribution in [3.05, 3.63) is 59.3 Å². The van der Waals surface area contributed by atoms with Crippen LogP contribution < -0.4 is 15.5 Å². The van der Waals surface area contributed by atoms with Crippen molar-refractivity contribution < 1.29 is 31.5 Å². The molecule has 0 bridgehead atoms. The van der Waals surface area contributed by atoms with Gasteiger partial charge in [-0.05, 0) is 42.7 Å². The molecule has 2 atom stereocenters. The first-order chi connectivity index (χ1) is 15.1. The normalized spacial score (nSPS) is 17.6. The van der Waals surface area contributed by atoms with Crippen molar-refractivity contribution in [3.8, 4) is 0 Å². The highest BCUT2D eigenvalue weighted by atomic mass is 19.4. The minimum absolute atomic E-state index is 0.0355. The van der Waals surface area contributed by atoms with Gasteiger partial charge in [-0.2, -0.15) is 13.2 Å². The molecule has 2 amide bonds. The molecule has 1 fully saturated rings. The van der Waals surface area contributed by atoms with Crippen molar-refractivity contribution in [2.45, 2.75) is 25.1 Å². The van der Waals surface area contributed by atoms with Crippen molar-refractivity contribution >= 4 is 17.6 Å². The fourth-order valence-electron chi connectivity index (χ4n) is 3.65. The van der Waals surface area contributed by atoms with Crippen molar-refractivity contribution in [2.24, 2.45) is 5.92 Å². The molecule has 0 saturated carbocycles. The van der Waals surface area contributed by atoms with Crippen molar-refractivity contribution in [3.63, 3.8) is 0 Å². The summed E-state index contributed by atoms with van der Waals surface area (Å²) in [6.07, 6.45) is -2.54. The number of amides is 2. The van der Waals surface area contributed by atoms with Crippen LogP contribution in [0.2, 0.25) is 0 Å². The van der Waals surface area contributed by atoms with Crippen LogP contribution in [0.25, 0.3) is 0 Å². The molecule has 11 heteroatoms. The van der Waals surface area contributed by atoms with Gasteiger partial charge in [0.05, 0.1) is 11.5 Å². The highest BCUT2D eigenvalue weighted by Crippen LogP contribution is 2.36. The summed E-state index contributed by atoms with van der Waals surface area (Å²) in [4.78, 5) is 30.4. The third-order valence-corrected chi connectivity index (χ3v) is 5.26. The van der Waals surface area contributed by atoms with Gasteiger partial charge in [-0.1, -0.05) is 6.07 Å². The number of anilines is 1. The molecule has 0 radical (unpaired) electrons. The Morgan fingerprint density at radius 2 is 1.94 bits per heavy atom. The molecule has 1 saturated heterocycles. The van der Waals surface area contributed by atoms with E-state index in [2.05, 4.69) is 15.6 Å². The van der Waals surface area contributed by atoms with Crippen LogP contribution in [0, 0.1) is 17.6 Å². The summed E-state index contributed by atoms with van der Waals surface area (Å²) in [5, 5.41) is 4.86. The Labute approximate surface area is 180 Å². The second kappa shape index (κ2) is 9.49. The molecular formula is C21H21F5N4O2. The molecular weight excluding hydrogens is 435 g/mol. The molecule has 1 aliphatic rings. The van der Waals surface area contributed by atoms with Gasteiger partial charge in [0.2, 0.25) is 11.8 Å². The molecule has 3 rings (SSSR count). The summed E-state index contributed by atoms with van der Waals surface area (Å²) in [6, 6.07) is 3.65. The number of nitrogens with zero attached hydrogens (tertiary/aromatic N) is 2. The molecule has 172 valence electrons. The van der Waals surface area contributed by atoms with Crippen molar-refractivity contribution in [1.29, 1.82) is 0 Å². The minimum Gasteiger partial charge on any atom is -0.357 e. The molecule has 0 aliphatic carbocycles. The highest BCUT2D eigenvalue weighted by molar-refractivity contribution is 5.89. The molecule has 6 nitrogen and oxygen atoms in total. The SMILES string of the molecule is CNC(=O)C(NC(=O)C1CCCN(c2ncccc2C(F)(F)F)C1)c1ccc(F)c(F)c1. The van der Waals surface area contributed by atoms with E-state index < -0.39 is 47.1 Å². The molecule has 1 aliphatic heterocycles.